The van der Waals surface area contributed by atoms with Crippen LogP contribution in [0.4, 0.5) is 0 Å². The highest BCUT2D eigenvalue weighted by Gasteiger charge is 2.14. The van der Waals surface area contributed by atoms with Gasteiger partial charge >= 0.3 is 0 Å². The molecule has 5 nitrogen and oxygen atoms in total. The second kappa shape index (κ2) is 10.9. The normalized spacial score (nSPS) is 10.8. The molecule has 1 amide bonds. The number of nitrogens with one attached hydrogen (secondary N) is 1. The molecule has 0 spiro atoms. The molecular weight excluding hydrogens is 388 g/mol. The molecule has 28 heavy (non-hydrogen) atoms. The molecule has 0 fully saturated rings. The number of rotatable bonds is 10. The van der Waals surface area contributed by atoms with Gasteiger partial charge in [-0.25, -0.2) is 0 Å². The molecule has 3 aromatic rings. The van der Waals surface area contributed by atoms with Crippen LogP contribution in [0.3, 0.4) is 0 Å². The van der Waals surface area contributed by atoms with E-state index >= 15 is 0 Å². The van der Waals surface area contributed by atoms with E-state index in [1.165, 1.54) is 16.7 Å². The van der Waals surface area contributed by atoms with Gasteiger partial charge in [-0.05, 0) is 31.2 Å². The van der Waals surface area contributed by atoms with Crippen LogP contribution in [0.25, 0.3) is 11.4 Å². The molecule has 3 rings (SSSR count). The third-order valence-corrected chi connectivity index (χ3v) is 6.12. The molecule has 7 heteroatoms. The first-order chi connectivity index (χ1) is 13.8. The maximum Gasteiger partial charge on any atom is 0.230 e. The number of hydrogen-bond donors (Lipinski definition) is 1. The van der Waals surface area contributed by atoms with Crippen LogP contribution < -0.4 is 5.32 Å². The summed E-state index contributed by atoms with van der Waals surface area (Å²) >= 11 is 3.24. The Morgan fingerprint density at radius 2 is 1.71 bits per heavy atom. The van der Waals surface area contributed by atoms with Crippen molar-refractivity contribution in [2.45, 2.75) is 29.9 Å². The monoisotopic (exact) mass is 412 g/mol. The number of carbonyl (C=O) groups excluding carboxylic acids is 1. The van der Waals surface area contributed by atoms with Crippen LogP contribution in [0, 0.1) is 0 Å². The van der Waals surface area contributed by atoms with Crippen LogP contribution >= 0.6 is 23.5 Å². The van der Waals surface area contributed by atoms with Gasteiger partial charge in [-0.3, -0.25) is 4.79 Å². The largest absolute Gasteiger partial charge is 0.355 e. The first-order valence-corrected chi connectivity index (χ1v) is 11.3. The van der Waals surface area contributed by atoms with E-state index < -0.39 is 0 Å². The quantitative estimate of drug-likeness (QED) is 0.396. The van der Waals surface area contributed by atoms with Gasteiger partial charge in [0.2, 0.25) is 5.91 Å². The summed E-state index contributed by atoms with van der Waals surface area (Å²) < 4.78 is 2.05. The summed E-state index contributed by atoms with van der Waals surface area (Å²) in [5.41, 5.74) is 1.03. The SMILES string of the molecule is CCn1c(SCC(=O)NCCCSc2ccccc2)nnc1-c1ccccc1. The predicted molar refractivity (Wildman–Crippen MR) is 117 cm³/mol. The lowest BCUT2D eigenvalue weighted by atomic mass is 10.2. The van der Waals surface area contributed by atoms with Crippen LogP contribution in [0.2, 0.25) is 0 Å². The maximum atomic E-state index is 12.1. The zero-order chi connectivity index (χ0) is 19.6. The van der Waals surface area contributed by atoms with Gasteiger partial charge in [0.1, 0.15) is 0 Å². The Bertz CT molecular complexity index is 869. The zero-order valence-electron chi connectivity index (χ0n) is 15.9. The average molecular weight is 413 g/mol. The van der Waals surface area contributed by atoms with Gasteiger partial charge < -0.3 is 9.88 Å². The third-order valence-electron chi connectivity index (χ3n) is 4.05. The topological polar surface area (TPSA) is 59.8 Å². The lowest BCUT2D eigenvalue weighted by Gasteiger charge is -2.08. The molecular formula is C21H24N4OS2. The van der Waals surface area contributed by atoms with Crippen LogP contribution in [-0.2, 0) is 11.3 Å². The van der Waals surface area contributed by atoms with Crippen LogP contribution in [0.5, 0.6) is 0 Å². The fourth-order valence-electron chi connectivity index (χ4n) is 2.67. The number of amides is 1. The molecule has 0 bridgehead atoms. The Morgan fingerprint density at radius 1 is 1.00 bits per heavy atom. The van der Waals surface area contributed by atoms with Crippen molar-refractivity contribution in [2.75, 3.05) is 18.1 Å². The number of hydrogen-bond acceptors (Lipinski definition) is 5. The molecule has 1 aromatic heterocycles. The molecule has 2 aromatic carbocycles. The van der Waals surface area contributed by atoms with Crippen molar-refractivity contribution in [1.29, 1.82) is 0 Å². The molecule has 0 aliphatic rings. The number of benzene rings is 2. The van der Waals surface area contributed by atoms with Crippen molar-refractivity contribution < 1.29 is 4.79 Å². The lowest BCUT2D eigenvalue weighted by Crippen LogP contribution is -2.26. The predicted octanol–water partition coefficient (Wildman–Crippen LogP) is 4.36. The Labute approximate surface area is 174 Å². The second-order valence-corrected chi connectivity index (χ2v) is 8.18. The van der Waals surface area contributed by atoms with Crippen molar-refractivity contribution >= 4 is 29.4 Å². The fourth-order valence-corrected chi connectivity index (χ4v) is 4.38. The summed E-state index contributed by atoms with van der Waals surface area (Å²) in [6.45, 7) is 3.51. The fraction of sp³-hybridized carbons (Fsp3) is 0.286. The van der Waals surface area contributed by atoms with E-state index in [4.69, 9.17) is 0 Å². The summed E-state index contributed by atoms with van der Waals surface area (Å²) in [4.78, 5) is 13.4. The number of nitrogens with zero attached hydrogens (tertiary/aromatic N) is 3. The number of thioether (sulfide) groups is 2. The van der Waals surface area contributed by atoms with Crippen LogP contribution in [0.1, 0.15) is 13.3 Å². The van der Waals surface area contributed by atoms with E-state index in [1.807, 2.05) is 64.9 Å². The average Bonchev–Trinajstić information content (AvgIpc) is 3.16. The van der Waals surface area contributed by atoms with Gasteiger partial charge in [0.25, 0.3) is 0 Å². The maximum absolute atomic E-state index is 12.1. The molecule has 1 N–H and O–H groups in total. The first-order valence-electron chi connectivity index (χ1n) is 9.34. The van der Waals surface area contributed by atoms with Crippen molar-refractivity contribution in [3.8, 4) is 11.4 Å². The minimum Gasteiger partial charge on any atom is -0.355 e. The molecule has 0 saturated heterocycles. The van der Waals surface area contributed by atoms with E-state index in [2.05, 4.69) is 34.6 Å². The Balaban J connectivity index is 1.41. The van der Waals surface area contributed by atoms with E-state index in [0.29, 0.717) is 12.3 Å². The van der Waals surface area contributed by atoms with Gasteiger partial charge in [-0.2, -0.15) is 0 Å². The smallest absolute Gasteiger partial charge is 0.230 e. The highest BCUT2D eigenvalue weighted by molar-refractivity contribution is 7.99. The van der Waals surface area contributed by atoms with Crippen LogP contribution in [-0.4, -0.2) is 38.7 Å². The van der Waals surface area contributed by atoms with E-state index in [-0.39, 0.29) is 5.91 Å². The second-order valence-electron chi connectivity index (χ2n) is 6.07. The molecule has 146 valence electrons. The zero-order valence-corrected chi connectivity index (χ0v) is 17.5. The molecule has 0 aliphatic carbocycles. The number of carbonyl (C=O) groups is 1. The van der Waals surface area contributed by atoms with Crippen molar-refractivity contribution in [3.05, 3.63) is 60.7 Å². The highest BCUT2D eigenvalue weighted by Crippen LogP contribution is 2.23. The van der Waals surface area contributed by atoms with Gasteiger partial charge in [-0.1, -0.05) is 60.3 Å². The van der Waals surface area contributed by atoms with Gasteiger partial charge in [0, 0.05) is 23.5 Å². The first kappa shape index (κ1) is 20.5. The third kappa shape index (κ3) is 5.87. The van der Waals surface area contributed by atoms with E-state index in [9.17, 15) is 4.79 Å². The Morgan fingerprint density at radius 3 is 2.43 bits per heavy atom. The molecule has 1 heterocycles. The minimum absolute atomic E-state index is 0.0293. The van der Waals surface area contributed by atoms with E-state index in [0.717, 1.165) is 35.3 Å². The van der Waals surface area contributed by atoms with Crippen molar-refractivity contribution in [3.63, 3.8) is 0 Å². The van der Waals surface area contributed by atoms with E-state index in [1.54, 1.807) is 0 Å². The van der Waals surface area contributed by atoms with Crippen molar-refractivity contribution in [2.24, 2.45) is 0 Å². The summed E-state index contributed by atoms with van der Waals surface area (Å²) in [6.07, 6.45) is 0.944. The summed E-state index contributed by atoms with van der Waals surface area (Å²) in [5.74, 6) is 2.20. The molecule has 0 saturated carbocycles. The summed E-state index contributed by atoms with van der Waals surface area (Å²) in [5, 5.41) is 12.3. The standard InChI is InChI=1S/C21H24N4OS2/c1-2-25-20(17-10-5-3-6-11-17)23-24-21(25)28-16-19(26)22-14-9-15-27-18-12-7-4-8-13-18/h3-8,10-13H,2,9,14-16H2,1H3,(H,22,26). The van der Waals surface area contributed by atoms with Gasteiger partial charge in [0.15, 0.2) is 11.0 Å². The highest BCUT2D eigenvalue weighted by atomic mass is 32.2. The summed E-state index contributed by atoms with van der Waals surface area (Å²) in [7, 11) is 0. The minimum atomic E-state index is 0.0293. The molecule has 0 radical (unpaired) electrons. The Hall–Kier alpha value is -2.25. The molecule has 0 atom stereocenters. The molecule has 0 unspecified atom stereocenters. The van der Waals surface area contributed by atoms with Gasteiger partial charge in [-0.15, -0.1) is 22.0 Å². The summed E-state index contributed by atoms with van der Waals surface area (Å²) in [6, 6.07) is 20.3. The Kier molecular flexibility index (Phi) is 7.99. The number of aromatic nitrogens is 3. The van der Waals surface area contributed by atoms with Crippen molar-refractivity contribution in [1.82, 2.24) is 20.1 Å². The van der Waals surface area contributed by atoms with Crippen LogP contribution in [0.15, 0.2) is 70.7 Å². The van der Waals surface area contributed by atoms with Gasteiger partial charge in [0.05, 0.1) is 5.75 Å². The molecule has 0 aliphatic heterocycles. The lowest BCUT2D eigenvalue weighted by molar-refractivity contribution is -0.118.